The van der Waals surface area contributed by atoms with Crippen LogP contribution in [0.2, 0.25) is 0 Å². The number of hydrogen-bond acceptors (Lipinski definition) is 3. The zero-order valence-electron chi connectivity index (χ0n) is 19.5. The molecule has 0 atom stereocenters. The van der Waals surface area contributed by atoms with Crippen LogP contribution < -0.4 is 11.1 Å². The first-order valence-electron chi connectivity index (χ1n) is 12.0. The van der Waals surface area contributed by atoms with E-state index in [-0.39, 0.29) is 31.1 Å². The Balaban J connectivity index is 1.29. The number of primary amides is 1. The minimum atomic E-state index is -0.382. The van der Waals surface area contributed by atoms with Gasteiger partial charge in [0.1, 0.15) is 6.61 Å². The Morgan fingerprint density at radius 2 is 1.60 bits per heavy atom. The summed E-state index contributed by atoms with van der Waals surface area (Å²) in [4.78, 5) is 23.7. The summed E-state index contributed by atoms with van der Waals surface area (Å²) in [6, 6.07) is 26.3. The van der Waals surface area contributed by atoms with Crippen molar-refractivity contribution in [3.05, 3.63) is 107 Å². The summed E-state index contributed by atoms with van der Waals surface area (Å²) in [5, 5.41) is 4.14. The summed E-state index contributed by atoms with van der Waals surface area (Å²) in [6.07, 6.45) is 3.77. The van der Waals surface area contributed by atoms with Crippen LogP contribution in [0.1, 0.15) is 41.0 Å². The number of rotatable bonds is 8. The summed E-state index contributed by atoms with van der Waals surface area (Å²) < 4.78 is 7.64. The molecule has 35 heavy (non-hydrogen) atoms. The molecule has 3 N–H and O–H groups in total. The molecule has 0 radical (unpaired) electrons. The van der Waals surface area contributed by atoms with Gasteiger partial charge < -0.3 is 20.4 Å². The van der Waals surface area contributed by atoms with Gasteiger partial charge in [-0.1, -0.05) is 66.7 Å². The van der Waals surface area contributed by atoms with Crippen LogP contribution in [0.25, 0.3) is 10.9 Å². The van der Waals surface area contributed by atoms with Crippen LogP contribution in [0.5, 0.6) is 0 Å². The highest BCUT2D eigenvalue weighted by molar-refractivity contribution is 5.87. The zero-order valence-corrected chi connectivity index (χ0v) is 19.5. The SMILES string of the molecule is NC(=O)Cc1ccc2c(c1)c(C1CC(NC(=O)OCc3ccccc3)C1)cn2Cc1ccccc1. The van der Waals surface area contributed by atoms with Gasteiger partial charge in [-0.2, -0.15) is 0 Å². The number of aromatic nitrogens is 1. The first kappa shape index (κ1) is 22.7. The van der Waals surface area contributed by atoms with Gasteiger partial charge in [-0.3, -0.25) is 4.79 Å². The summed E-state index contributed by atoms with van der Waals surface area (Å²) in [6.45, 7) is 1.03. The van der Waals surface area contributed by atoms with Gasteiger partial charge in [0.25, 0.3) is 0 Å². The molecule has 0 saturated heterocycles. The van der Waals surface area contributed by atoms with Crippen molar-refractivity contribution in [3.8, 4) is 0 Å². The highest BCUT2D eigenvalue weighted by Crippen LogP contribution is 2.41. The standard InChI is InChI=1S/C29H29N3O3/c30-28(33)14-22-11-12-27-25(13-22)26(18-32(27)17-20-7-3-1-4-8-20)23-15-24(16-23)31-29(34)35-19-21-9-5-2-6-10-21/h1-13,18,23-24H,14-17,19H2,(H2,30,33)(H,31,34). The molecule has 4 aromatic rings. The zero-order chi connectivity index (χ0) is 24.2. The predicted molar refractivity (Wildman–Crippen MR) is 136 cm³/mol. The molecular weight excluding hydrogens is 438 g/mol. The molecule has 0 aliphatic heterocycles. The first-order valence-corrected chi connectivity index (χ1v) is 12.0. The second kappa shape index (κ2) is 10.1. The lowest BCUT2D eigenvalue weighted by atomic mass is 9.76. The highest BCUT2D eigenvalue weighted by atomic mass is 16.5. The number of alkyl carbamates (subject to hydrolysis) is 1. The molecule has 1 aliphatic rings. The van der Waals surface area contributed by atoms with Crippen molar-refractivity contribution >= 4 is 22.9 Å². The maximum absolute atomic E-state index is 12.2. The molecule has 3 aromatic carbocycles. The minimum Gasteiger partial charge on any atom is -0.445 e. The maximum Gasteiger partial charge on any atom is 0.407 e. The normalized spacial score (nSPS) is 17.0. The first-order chi connectivity index (χ1) is 17.0. The monoisotopic (exact) mass is 467 g/mol. The van der Waals surface area contributed by atoms with Gasteiger partial charge in [0.05, 0.1) is 6.42 Å². The van der Waals surface area contributed by atoms with Crippen molar-refractivity contribution in [3.63, 3.8) is 0 Å². The van der Waals surface area contributed by atoms with E-state index in [4.69, 9.17) is 10.5 Å². The number of hydrogen-bond donors (Lipinski definition) is 2. The van der Waals surface area contributed by atoms with Crippen LogP contribution in [0, 0.1) is 0 Å². The van der Waals surface area contributed by atoms with Crippen LogP contribution in [0.4, 0.5) is 4.79 Å². The Hall–Kier alpha value is -4.06. The third kappa shape index (κ3) is 5.38. The molecule has 1 heterocycles. The van der Waals surface area contributed by atoms with E-state index in [2.05, 4.69) is 40.3 Å². The fourth-order valence-corrected chi connectivity index (χ4v) is 4.84. The lowest BCUT2D eigenvalue weighted by Gasteiger charge is -2.35. The molecule has 1 aliphatic carbocycles. The topological polar surface area (TPSA) is 86.3 Å². The number of nitrogens with one attached hydrogen (secondary N) is 1. The fraction of sp³-hybridized carbons (Fsp3) is 0.241. The molecule has 178 valence electrons. The number of nitrogens with two attached hydrogens (primary N) is 1. The van der Waals surface area contributed by atoms with Crippen molar-refractivity contribution < 1.29 is 14.3 Å². The smallest absolute Gasteiger partial charge is 0.407 e. The summed E-state index contributed by atoms with van der Waals surface area (Å²) in [5.74, 6) is -0.00526. The van der Waals surface area contributed by atoms with Gasteiger partial charge in [-0.25, -0.2) is 4.79 Å². The molecule has 6 nitrogen and oxygen atoms in total. The van der Waals surface area contributed by atoms with Crippen molar-refractivity contribution in [2.45, 2.75) is 44.4 Å². The predicted octanol–water partition coefficient (Wildman–Crippen LogP) is 4.89. The third-order valence-electron chi connectivity index (χ3n) is 6.66. The second-order valence-electron chi connectivity index (χ2n) is 9.26. The van der Waals surface area contributed by atoms with Crippen molar-refractivity contribution in [2.75, 3.05) is 0 Å². The van der Waals surface area contributed by atoms with Crippen molar-refractivity contribution in [1.82, 2.24) is 9.88 Å². The van der Waals surface area contributed by atoms with Crippen molar-refractivity contribution in [2.24, 2.45) is 5.73 Å². The van der Waals surface area contributed by atoms with E-state index in [0.29, 0.717) is 5.92 Å². The van der Waals surface area contributed by atoms with Gasteiger partial charge in [0.2, 0.25) is 5.91 Å². The number of fused-ring (bicyclic) bond motifs is 1. The molecule has 6 heteroatoms. The largest absolute Gasteiger partial charge is 0.445 e. The Morgan fingerprint density at radius 3 is 2.29 bits per heavy atom. The lowest BCUT2D eigenvalue weighted by molar-refractivity contribution is -0.117. The van der Waals surface area contributed by atoms with E-state index in [1.807, 2.05) is 54.6 Å². The summed E-state index contributed by atoms with van der Waals surface area (Å²) in [7, 11) is 0. The molecule has 2 amide bonds. The molecule has 0 bridgehead atoms. The highest BCUT2D eigenvalue weighted by Gasteiger charge is 2.33. The fourth-order valence-electron chi connectivity index (χ4n) is 4.84. The van der Waals surface area contributed by atoms with Crippen molar-refractivity contribution in [1.29, 1.82) is 0 Å². The van der Waals surface area contributed by atoms with Crippen LogP contribution in [-0.4, -0.2) is 22.6 Å². The number of carbonyl (C=O) groups is 2. The number of amides is 2. The van der Waals surface area contributed by atoms with Crippen LogP contribution in [0.3, 0.4) is 0 Å². The molecule has 0 spiro atoms. The minimum absolute atomic E-state index is 0.0876. The van der Waals surface area contributed by atoms with Gasteiger partial charge >= 0.3 is 6.09 Å². The molecular formula is C29H29N3O3. The number of ether oxygens (including phenoxy) is 1. The Bertz CT molecular complexity index is 1330. The molecule has 1 fully saturated rings. The molecule has 5 rings (SSSR count). The van der Waals surface area contributed by atoms with E-state index in [1.54, 1.807) is 0 Å². The Morgan fingerprint density at radius 1 is 0.914 bits per heavy atom. The molecule has 1 aromatic heterocycles. The van der Waals surface area contributed by atoms with E-state index >= 15 is 0 Å². The lowest BCUT2D eigenvalue weighted by Crippen LogP contribution is -2.43. The van der Waals surface area contributed by atoms with Gasteiger partial charge in [0.15, 0.2) is 0 Å². The molecule has 0 unspecified atom stereocenters. The second-order valence-corrected chi connectivity index (χ2v) is 9.26. The number of carbonyl (C=O) groups excluding carboxylic acids is 2. The van der Waals surface area contributed by atoms with Crippen LogP contribution in [-0.2, 0) is 29.1 Å². The third-order valence-corrected chi connectivity index (χ3v) is 6.66. The average molecular weight is 468 g/mol. The number of nitrogens with zero attached hydrogens (tertiary/aromatic N) is 1. The molecule has 1 saturated carbocycles. The van der Waals surface area contributed by atoms with E-state index in [1.165, 1.54) is 11.1 Å². The van der Waals surface area contributed by atoms with E-state index in [9.17, 15) is 9.59 Å². The average Bonchev–Trinajstić information content (AvgIpc) is 3.17. The summed E-state index contributed by atoms with van der Waals surface area (Å²) in [5.41, 5.74) is 10.9. The quantitative estimate of drug-likeness (QED) is 0.387. The summed E-state index contributed by atoms with van der Waals surface area (Å²) >= 11 is 0. The maximum atomic E-state index is 12.2. The van der Waals surface area contributed by atoms with Crippen LogP contribution >= 0.6 is 0 Å². The van der Waals surface area contributed by atoms with E-state index in [0.717, 1.165) is 41.4 Å². The van der Waals surface area contributed by atoms with Gasteiger partial charge in [-0.15, -0.1) is 0 Å². The van der Waals surface area contributed by atoms with Gasteiger partial charge in [0, 0.05) is 29.7 Å². The van der Waals surface area contributed by atoms with E-state index < -0.39 is 0 Å². The Labute approximate surface area is 204 Å². The number of benzene rings is 3. The Kier molecular flexibility index (Phi) is 6.53. The van der Waals surface area contributed by atoms with Crippen LogP contribution in [0.15, 0.2) is 85.1 Å². The van der Waals surface area contributed by atoms with Gasteiger partial charge in [-0.05, 0) is 53.1 Å².